The molecule has 11 nitrogen and oxygen atoms in total. The second kappa shape index (κ2) is 13.7. The lowest BCUT2D eigenvalue weighted by atomic mass is 9.91. The molecule has 1 aromatic heterocycles. The molecule has 202 valence electrons. The third-order valence-corrected chi connectivity index (χ3v) is 7.82. The Labute approximate surface area is 228 Å². The molecule has 3 N–H and O–H groups in total. The second-order valence-corrected chi connectivity index (χ2v) is 11.0. The zero-order chi connectivity index (χ0) is 26.3. The van der Waals surface area contributed by atoms with E-state index in [1.54, 1.807) is 12.1 Å². The third kappa shape index (κ3) is 8.69. The SMILES string of the molecule is COc1cc(CCN[C@H](C)C2CCN(S(C)(=O)=O)CC2)c(Cl)cc1NC(=O)Nc1cnc(C#N)cn1.Cl. The first-order valence-electron chi connectivity index (χ1n) is 11.5. The normalized spacial score (nSPS) is 15.2. The van der Waals surface area contributed by atoms with E-state index in [4.69, 9.17) is 21.6 Å². The van der Waals surface area contributed by atoms with E-state index in [1.807, 2.05) is 6.07 Å². The van der Waals surface area contributed by atoms with Gasteiger partial charge < -0.3 is 15.4 Å². The summed E-state index contributed by atoms with van der Waals surface area (Å²) in [6.07, 6.45) is 6.10. The number of nitriles is 1. The molecule has 2 aromatic rings. The number of urea groups is 1. The standard InChI is InChI=1S/C23H30ClN7O4S.ClH/c1-15(16-5-8-31(9-6-16)36(3,33)34)26-7-4-17-10-21(35-2)20(11-19(17)24)29-23(32)30-22-14-27-18(12-25)13-28-22;/h10-11,13-16,26H,4-9H2,1-3H3,(H2,28,29,30,32);1H/t15-;/m1./s1. The average molecular weight is 573 g/mol. The van der Waals surface area contributed by atoms with E-state index < -0.39 is 16.1 Å². The number of anilines is 2. The Bertz CT molecular complexity index is 1210. The van der Waals surface area contributed by atoms with Crippen molar-refractivity contribution in [2.45, 2.75) is 32.2 Å². The highest BCUT2D eigenvalue weighted by Crippen LogP contribution is 2.32. The minimum absolute atomic E-state index is 0. The van der Waals surface area contributed by atoms with Crippen molar-refractivity contribution in [1.82, 2.24) is 19.6 Å². The summed E-state index contributed by atoms with van der Waals surface area (Å²) in [5.74, 6) is 1.05. The molecular weight excluding hydrogens is 541 g/mol. The number of amides is 2. The van der Waals surface area contributed by atoms with Crippen molar-refractivity contribution in [3.8, 4) is 11.8 Å². The predicted molar refractivity (Wildman–Crippen MR) is 145 cm³/mol. The predicted octanol–water partition coefficient (Wildman–Crippen LogP) is 3.27. The number of carbonyl (C=O) groups is 1. The number of rotatable bonds is 9. The number of benzene rings is 1. The van der Waals surface area contributed by atoms with Crippen LogP contribution in [0.4, 0.5) is 16.3 Å². The van der Waals surface area contributed by atoms with E-state index in [0.717, 1.165) is 18.4 Å². The number of hydrogen-bond donors (Lipinski definition) is 3. The first kappa shape index (κ1) is 30.5. The van der Waals surface area contributed by atoms with Crippen LogP contribution in [0.1, 0.15) is 31.0 Å². The van der Waals surface area contributed by atoms with Gasteiger partial charge in [-0.1, -0.05) is 11.6 Å². The Morgan fingerprint density at radius 3 is 2.54 bits per heavy atom. The number of halogens is 2. The highest BCUT2D eigenvalue weighted by Gasteiger charge is 2.27. The summed E-state index contributed by atoms with van der Waals surface area (Å²) in [6.45, 7) is 3.91. The number of nitrogens with zero attached hydrogens (tertiary/aromatic N) is 4. The zero-order valence-electron chi connectivity index (χ0n) is 20.8. The molecule has 1 atom stereocenters. The van der Waals surface area contributed by atoms with Gasteiger partial charge in [0.1, 0.15) is 11.8 Å². The summed E-state index contributed by atoms with van der Waals surface area (Å²) in [7, 11) is -1.62. The maximum absolute atomic E-state index is 12.4. The molecule has 0 radical (unpaired) electrons. The molecule has 0 aliphatic carbocycles. The Hall–Kier alpha value is -2.69. The first-order valence-corrected chi connectivity index (χ1v) is 13.7. The van der Waals surface area contributed by atoms with E-state index in [1.165, 1.54) is 30.1 Å². The summed E-state index contributed by atoms with van der Waals surface area (Å²) >= 11 is 6.49. The van der Waals surface area contributed by atoms with Crippen molar-refractivity contribution >= 4 is 51.6 Å². The summed E-state index contributed by atoms with van der Waals surface area (Å²) in [5, 5.41) is 18.0. The average Bonchev–Trinajstić information content (AvgIpc) is 2.85. The third-order valence-electron chi connectivity index (χ3n) is 6.16. The van der Waals surface area contributed by atoms with Gasteiger partial charge in [-0.2, -0.15) is 5.26 Å². The number of sulfonamides is 1. The van der Waals surface area contributed by atoms with Gasteiger partial charge in [-0.05, 0) is 56.3 Å². The molecule has 14 heteroatoms. The van der Waals surface area contributed by atoms with E-state index in [9.17, 15) is 13.2 Å². The minimum atomic E-state index is -3.13. The molecule has 1 aliphatic heterocycles. The molecule has 0 bridgehead atoms. The van der Waals surface area contributed by atoms with Crippen LogP contribution in [-0.2, 0) is 16.4 Å². The molecule has 37 heavy (non-hydrogen) atoms. The van der Waals surface area contributed by atoms with Crippen molar-refractivity contribution in [3.63, 3.8) is 0 Å². The molecule has 1 aliphatic rings. The lowest BCUT2D eigenvalue weighted by Gasteiger charge is -2.34. The van der Waals surface area contributed by atoms with E-state index in [0.29, 0.717) is 48.4 Å². The van der Waals surface area contributed by atoms with Crippen LogP contribution >= 0.6 is 24.0 Å². The fourth-order valence-corrected chi connectivity index (χ4v) is 5.21. The topological polar surface area (TPSA) is 149 Å². The van der Waals surface area contributed by atoms with Gasteiger partial charge in [-0.15, -0.1) is 12.4 Å². The van der Waals surface area contributed by atoms with Gasteiger partial charge in [-0.3, -0.25) is 5.32 Å². The number of ether oxygens (including phenoxy) is 1. The lowest BCUT2D eigenvalue weighted by molar-refractivity contribution is 0.232. The van der Waals surface area contributed by atoms with Crippen molar-refractivity contribution in [2.24, 2.45) is 5.92 Å². The van der Waals surface area contributed by atoms with Gasteiger partial charge in [0.05, 0.1) is 31.4 Å². The molecule has 3 rings (SSSR count). The van der Waals surface area contributed by atoms with E-state index in [-0.39, 0.29) is 30.0 Å². The van der Waals surface area contributed by atoms with Crippen molar-refractivity contribution < 1.29 is 17.9 Å². The maximum Gasteiger partial charge on any atom is 0.325 e. The zero-order valence-corrected chi connectivity index (χ0v) is 23.2. The Balaban J connectivity index is 0.00000481. The van der Waals surface area contributed by atoms with Crippen molar-refractivity contribution in [1.29, 1.82) is 5.26 Å². The molecule has 0 saturated carbocycles. The molecule has 1 saturated heterocycles. The molecule has 2 amide bonds. The molecular formula is C23H31Cl2N7O4S. The van der Waals surface area contributed by atoms with Crippen LogP contribution in [0.5, 0.6) is 5.75 Å². The molecule has 0 spiro atoms. The van der Waals surface area contributed by atoms with Crippen LogP contribution in [0.15, 0.2) is 24.5 Å². The van der Waals surface area contributed by atoms with Gasteiger partial charge in [0, 0.05) is 24.2 Å². The largest absolute Gasteiger partial charge is 0.495 e. The highest BCUT2D eigenvalue weighted by atomic mass is 35.5. The fourth-order valence-electron chi connectivity index (χ4n) is 4.08. The lowest BCUT2D eigenvalue weighted by Crippen LogP contribution is -2.44. The maximum atomic E-state index is 12.4. The number of aromatic nitrogens is 2. The minimum Gasteiger partial charge on any atom is -0.495 e. The van der Waals surface area contributed by atoms with Crippen LogP contribution in [0.2, 0.25) is 5.02 Å². The molecule has 1 aromatic carbocycles. The Morgan fingerprint density at radius 1 is 1.27 bits per heavy atom. The fraction of sp³-hybridized carbons (Fsp3) is 0.478. The Kier molecular flexibility index (Phi) is 11.3. The van der Waals surface area contributed by atoms with Crippen LogP contribution in [0, 0.1) is 17.2 Å². The van der Waals surface area contributed by atoms with Crippen LogP contribution in [-0.4, -0.2) is 67.8 Å². The first-order chi connectivity index (χ1) is 17.1. The summed E-state index contributed by atoms with van der Waals surface area (Å²) < 4.78 is 30.4. The summed E-state index contributed by atoms with van der Waals surface area (Å²) in [6, 6.07) is 4.95. The number of hydrogen-bond acceptors (Lipinski definition) is 8. The smallest absolute Gasteiger partial charge is 0.325 e. The van der Waals surface area contributed by atoms with Gasteiger partial charge in [0.15, 0.2) is 11.5 Å². The van der Waals surface area contributed by atoms with Gasteiger partial charge in [0.25, 0.3) is 0 Å². The number of nitrogens with one attached hydrogen (secondary N) is 3. The molecule has 2 heterocycles. The van der Waals surface area contributed by atoms with Crippen molar-refractivity contribution in [2.75, 3.05) is 43.6 Å². The molecule has 0 unspecified atom stereocenters. The molecule has 1 fully saturated rings. The van der Waals surface area contributed by atoms with E-state index >= 15 is 0 Å². The van der Waals surface area contributed by atoms with E-state index in [2.05, 4.69) is 32.8 Å². The van der Waals surface area contributed by atoms with Crippen LogP contribution < -0.4 is 20.7 Å². The highest BCUT2D eigenvalue weighted by molar-refractivity contribution is 7.88. The van der Waals surface area contributed by atoms with Gasteiger partial charge in [0.2, 0.25) is 10.0 Å². The second-order valence-electron chi connectivity index (χ2n) is 8.61. The quantitative estimate of drug-likeness (QED) is 0.415. The Morgan fingerprint density at radius 2 is 1.97 bits per heavy atom. The number of piperidine rings is 1. The summed E-state index contributed by atoms with van der Waals surface area (Å²) in [5.41, 5.74) is 1.40. The van der Waals surface area contributed by atoms with Gasteiger partial charge >= 0.3 is 6.03 Å². The number of methoxy groups -OCH3 is 1. The number of carbonyl (C=O) groups excluding carboxylic acids is 1. The monoisotopic (exact) mass is 571 g/mol. The van der Waals surface area contributed by atoms with Gasteiger partial charge in [-0.25, -0.2) is 27.5 Å². The van der Waals surface area contributed by atoms with Crippen LogP contribution in [0.3, 0.4) is 0 Å². The van der Waals surface area contributed by atoms with Crippen LogP contribution in [0.25, 0.3) is 0 Å². The van der Waals surface area contributed by atoms with Crippen molar-refractivity contribution in [3.05, 3.63) is 40.8 Å². The summed E-state index contributed by atoms with van der Waals surface area (Å²) in [4.78, 5) is 20.2.